The van der Waals surface area contributed by atoms with Crippen molar-refractivity contribution in [3.63, 3.8) is 0 Å². The third-order valence-electron chi connectivity index (χ3n) is 2.94. The molecule has 1 rings (SSSR count). The Hall–Kier alpha value is -1.63. The normalized spacial score (nSPS) is 11.6. The molecule has 118 valence electrons. The van der Waals surface area contributed by atoms with Gasteiger partial charge in [0.1, 0.15) is 5.01 Å². The number of aromatic nitrogens is 1. The highest BCUT2D eigenvalue weighted by Crippen LogP contribution is 2.15. The van der Waals surface area contributed by atoms with Gasteiger partial charge < -0.3 is 16.0 Å². The van der Waals surface area contributed by atoms with Crippen LogP contribution >= 0.6 is 11.3 Å². The van der Waals surface area contributed by atoms with Crippen LogP contribution in [0.15, 0.2) is 4.99 Å². The second-order valence-electron chi connectivity index (χ2n) is 5.05. The molecule has 6 nitrogen and oxygen atoms in total. The van der Waals surface area contributed by atoms with Gasteiger partial charge >= 0.3 is 0 Å². The zero-order valence-corrected chi connectivity index (χ0v) is 14.2. The van der Waals surface area contributed by atoms with Crippen molar-refractivity contribution < 1.29 is 4.79 Å². The van der Waals surface area contributed by atoms with E-state index in [1.54, 1.807) is 18.4 Å². The number of carbonyl (C=O) groups excluding carboxylic acids is 1. The lowest BCUT2D eigenvalue weighted by Gasteiger charge is -2.12. The summed E-state index contributed by atoms with van der Waals surface area (Å²) < 4.78 is 0. The molecule has 1 aromatic rings. The second-order valence-corrected chi connectivity index (χ2v) is 6.34. The average Bonchev–Trinajstić information content (AvgIpc) is 2.76. The molecule has 0 fully saturated rings. The average molecular weight is 311 g/mol. The molecule has 1 amide bonds. The van der Waals surface area contributed by atoms with Crippen LogP contribution in [0.3, 0.4) is 0 Å². The number of thiazole rings is 1. The maximum Gasteiger partial charge on any atom is 0.222 e. The highest BCUT2D eigenvalue weighted by molar-refractivity contribution is 7.11. The number of rotatable bonds is 6. The van der Waals surface area contributed by atoms with Gasteiger partial charge in [0.15, 0.2) is 5.96 Å². The molecule has 0 aromatic carbocycles. The number of aliphatic imine (C=N–C) groups is 1. The fourth-order valence-corrected chi connectivity index (χ4v) is 2.44. The molecular weight excluding hydrogens is 286 g/mol. The minimum absolute atomic E-state index is 0.0128. The van der Waals surface area contributed by atoms with Gasteiger partial charge in [-0.15, -0.1) is 11.3 Å². The summed E-state index contributed by atoms with van der Waals surface area (Å²) in [6.45, 7) is 9.70. The number of nitrogens with zero attached hydrogens (tertiary/aromatic N) is 2. The Bertz CT molecular complexity index is 476. The van der Waals surface area contributed by atoms with Gasteiger partial charge in [0.25, 0.3) is 0 Å². The molecule has 0 saturated carbocycles. The minimum atomic E-state index is 0.0128. The maximum absolute atomic E-state index is 11.4. The van der Waals surface area contributed by atoms with E-state index in [2.05, 4.69) is 32.9 Å². The van der Waals surface area contributed by atoms with Gasteiger partial charge in [-0.25, -0.2) is 4.98 Å². The molecular formula is C14H25N5OS. The van der Waals surface area contributed by atoms with Gasteiger partial charge in [-0.2, -0.15) is 0 Å². The van der Waals surface area contributed by atoms with Gasteiger partial charge in [0.2, 0.25) is 5.91 Å². The fraction of sp³-hybridized carbons (Fsp3) is 0.643. The molecule has 0 unspecified atom stereocenters. The lowest BCUT2D eigenvalue weighted by molar-refractivity contribution is -0.123. The van der Waals surface area contributed by atoms with E-state index in [0.29, 0.717) is 25.6 Å². The number of hydrogen-bond donors (Lipinski definition) is 3. The van der Waals surface area contributed by atoms with E-state index in [0.717, 1.165) is 10.7 Å². The number of aryl methyl sites for hydroxylation is 2. The van der Waals surface area contributed by atoms with Crippen LogP contribution < -0.4 is 16.0 Å². The molecule has 0 aliphatic rings. The molecule has 0 saturated heterocycles. The lowest BCUT2D eigenvalue weighted by atomic mass is 10.2. The van der Waals surface area contributed by atoms with E-state index >= 15 is 0 Å². The van der Waals surface area contributed by atoms with E-state index in [1.165, 1.54) is 4.88 Å². The Labute approximate surface area is 130 Å². The topological polar surface area (TPSA) is 78.4 Å². The van der Waals surface area contributed by atoms with E-state index in [9.17, 15) is 4.79 Å². The molecule has 0 atom stereocenters. The van der Waals surface area contributed by atoms with Crippen molar-refractivity contribution in [2.45, 2.75) is 34.2 Å². The van der Waals surface area contributed by atoms with Crippen LogP contribution in [0.4, 0.5) is 0 Å². The van der Waals surface area contributed by atoms with Gasteiger partial charge in [-0.1, -0.05) is 13.8 Å². The molecule has 0 radical (unpaired) electrons. The number of guanidine groups is 1. The van der Waals surface area contributed by atoms with Crippen LogP contribution in [0.5, 0.6) is 0 Å². The molecule has 3 N–H and O–H groups in total. The Morgan fingerprint density at radius 3 is 2.43 bits per heavy atom. The van der Waals surface area contributed by atoms with Crippen molar-refractivity contribution in [2.75, 3.05) is 20.1 Å². The van der Waals surface area contributed by atoms with E-state index in [4.69, 9.17) is 0 Å². The number of amides is 1. The smallest absolute Gasteiger partial charge is 0.222 e. The van der Waals surface area contributed by atoms with Crippen molar-refractivity contribution in [2.24, 2.45) is 10.9 Å². The first-order chi connectivity index (χ1) is 9.93. The number of carbonyl (C=O) groups is 1. The van der Waals surface area contributed by atoms with Gasteiger partial charge in [0, 0.05) is 30.9 Å². The van der Waals surface area contributed by atoms with Crippen LogP contribution in [0.25, 0.3) is 0 Å². The van der Waals surface area contributed by atoms with Crippen LogP contribution in [0.1, 0.15) is 29.4 Å². The Kier molecular flexibility index (Phi) is 7.14. The van der Waals surface area contributed by atoms with Gasteiger partial charge in [-0.3, -0.25) is 9.79 Å². The van der Waals surface area contributed by atoms with Crippen molar-refractivity contribution in [3.05, 3.63) is 15.6 Å². The van der Waals surface area contributed by atoms with Crippen LogP contribution in [0, 0.1) is 19.8 Å². The van der Waals surface area contributed by atoms with Gasteiger partial charge in [0.05, 0.1) is 12.2 Å². The summed E-state index contributed by atoms with van der Waals surface area (Å²) in [6, 6.07) is 0. The zero-order valence-electron chi connectivity index (χ0n) is 13.4. The standard InChI is InChI=1S/C14H25N5OS/c1-9(2)13(20)16-6-7-17-14(15-5)18-8-12-19-10(3)11(4)21-12/h9H,6-8H2,1-5H3,(H,16,20)(H2,15,17,18). The summed E-state index contributed by atoms with van der Waals surface area (Å²) in [5.74, 6) is 0.784. The number of nitrogens with one attached hydrogen (secondary N) is 3. The van der Waals surface area contributed by atoms with Crippen molar-refractivity contribution >= 4 is 23.2 Å². The summed E-state index contributed by atoms with van der Waals surface area (Å²) >= 11 is 1.69. The molecule has 0 aliphatic heterocycles. The number of hydrogen-bond acceptors (Lipinski definition) is 4. The first-order valence-corrected chi connectivity index (χ1v) is 7.90. The van der Waals surface area contributed by atoms with Crippen LogP contribution in [-0.2, 0) is 11.3 Å². The lowest BCUT2D eigenvalue weighted by Crippen LogP contribution is -2.41. The summed E-state index contributed by atoms with van der Waals surface area (Å²) in [5.41, 5.74) is 1.08. The molecule has 7 heteroatoms. The largest absolute Gasteiger partial charge is 0.355 e. The molecule has 1 heterocycles. The van der Waals surface area contributed by atoms with E-state index < -0.39 is 0 Å². The zero-order chi connectivity index (χ0) is 15.8. The Morgan fingerprint density at radius 1 is 1.24 bits per heavy atom. The van der Waals surface area contributed by atoms with E-state index in [1.807, 2.05) is 20.8 Å². The van der Waals surface area contributed by atoms with Gasteiger partial charge in [-0.05, 0) is 13.8 Å². The quantitative estimate of drug-likeness (QED) is 0.419. The molecule has 21 heavy (non-hydrogen) atoms. The highest BCUT2D eigenvalue weighted by Gasteiger charge is 2.06. The molecule has 0 bridgehead atoms. The van der Waals surface area contributed by atoms with Crippen molar-refractivity contribution in [3.8, 4) is 0 Å². The van der Waals surface area contributed by atoms with Crippen molar-refractivity contribution in [1.29, 1.82) is 0 Å². The summed E-state index contributed by atoms with van der Waals surface area (Å²) in [4.78, 5) is 21.3. The summed E-state index contributed by atoms with van der Waals surface area (Å²) in [6.07, 6.45) is 0. The van der Waals surface area contributed by atoms with E-state index in [-0.39, 0.29) is 11.8 Å². The molecule has 1 aromatic heterocycles. The highest BCUT2D eigenvalue weighted by atomic mass is 32.1. The predicted molar refractivity (Wildman–Crippen MR) is 87.6 cm³/mol. The van der Waals surface area contributed by atoms with Crippen LogP contribution in [0.2, 0.25) is 0 Å². The Balaban J connectivity index is 2.28. The molecule has 0 spiro atoms. The predicted octanol–water partition coefficient (Wildman–Crippen LogP) is 1.20. The monoisotopic (exact) mass is 311 g/mol. The minimum Gasteiger partial charge on any atom is -0.355 e. The molecule has 0 aliphatic carbocycles. The first kappa shape index (κ1) is 17.4. The third-order valence-corrected chi connectivity index (χ3v) is 4.02. The summed E-state index contributed by atoms with van der Waals surface area (Å²) in [5, 5.41) is 10.3. The maximum atomic E-state index is 11.4. The summed E-state index contributed by atoms with van der Waals surface area (Å²) in [7, 11) is 1.72. The first-order valence-electron chi connectivity index (χ1n) is 7.09. The third kappa shape index (κ3) is 6.12. The SMILES string of the molecule is CN=C(NCCNC(=O)C(C)C)NCc1nc(C)c(C)s1. The van der Waals surface area contributed by atoms with Crippen molar-refractivity contribution in [1.82, 2.24) is 20.9 Å². The fourth-order valence-electron chi connectivity index (χ4n) is 1.57. The second kappa shape index (κ2) is 8.61. The van der Waals surface area contributed by atoms with Crippen LogP contribution in [-0.4, -0.2) is 37.0 Å². The Morgan fingerprint density at radius 2 is 1.90 bits per heavy atom.